The van der Waals surface area contributed by atoms with Gasteiger partial charge in [0.25, 0.3) is 0 Å². The fourth-order valence-electron chi connectivity index (χ4n) is 2.10. The van der Waals surface area contributed by atoms with Gasteiger partial charge in [0.15, 0.2) is 0 Å². The second-order valence-electron chi connectivity index (χ2n) is 5.08. The number of hydrogen-bond donors (Lipinski definition) is 1. The third-order valence-electron chi connectivity index (χ3n) is 3.18. The van der Waals surface area contributed by atoms with Crippen LogP contribution in [0, 0.1) is 0 Å². The lowest BCUT2D eigenvalue weighted by Crippen LogP contribution is -2.28. The fourth-order valence-corrected chi connectivity index (χ4v) is 2.10. The Balaban J connectivity index is 2.70. The minimum Gasteiger partial charge on any atom is -0.497 e. The first kappa shape index (κ1) is 18.0. The van der Waals surface area contributed by atoms with Crippen molar-refractivity contribution in [1.29, 1.82) is 0 Å². The van der Waals surface area contributed by atoms with Crippen LogP contribution >= 0.6 is 0 Å². The molecule has 0 radical (unpaired) electrons. The summed E-state index contributed by atoms with van der Waals surface area (Å²) in [6, 6.07) is 8.06. The molecule has 2 atom stereocenters. The van der Waals surface area contributed by atoms with Crippen LogP contribution < -0.4 is 10.1 Å². The predicted molar refractivity (Wildman–Crippen MR) is 85.9 cm³/mol. The van der Waals surface area contributed by atoms with Crippen LogP contribution in [-0.4, -0.2) is 39.5 Å². The number of rotatable bonds is 11. The molecule has 2 unspecified atom stereocenters. The first-order valence-electron chi connectivity index (χ1n) is 7.79. The Bertz CT molecular complexity index is 384. The van der Waals surface area contributed by atoms with E-state index in [0.29, 0.717) is 13.2 Å². The van der Waals surface area contributed by atoms with E-state index in [1.165, 1.54) is 0 Å². The molecule has 120 valence electrons. The maximum Gasteiger partial charge on any atom is 0.119 e. The van der Waals surface area contributed by atoms with Gasteiger partial charge in [0.1, 0.15) is 5.75 Å². The zero-order chi connectivity index (χ0) is 15.5. The van der Waals surface area contributed by atoms with Gasteiger partial charge in [-0.1, -0.05) is 19.1 Å². The maximum absolute atomic E-state index is 6.14. The summed E-state index contributed by atoms with van der Waals surface area (Å²) in [4.78, 5) is 0. The Labute approximate surface area is 128 Å². The minimum absolute atomic E-state index is 0.00195. The summed E-state index contributed by atoms with van der Waals surface area (Å²) in [7, 11) is 1.68. The Hall–Kier alpha value is -1.10. The average molecular weight is 295 g/mol. The van der Waals surface area contributed by atoms with E-state index < -0.39 is 0 Å². The standard InChI is InChI=1S/C17H29NO3/c1-5-10-18-12-17(21-14(3)13-20-6-2)15-8-7-9-16(11-15)19-4/h7-9,11,14,17-18H,5-6,10,12-13H2,1-4H3. The minimum atomic E-state index is 0.00195. The number of benzene rings is 1. The van der Waals surface area contributed by atoms with Crippen LogP contribution in [0.1, 0.15) is 38.9 Å². The van der Waals surface area contributed by atoms with E-state index in [4.69, 9.17) is 14.2 Å². The molecular formula is C17H29NO3. The van der Waals surface area contributed by atoms with Crippen molar-refractivity contribution in [3.63, 3.8) is 0 Å². The van der Waals surface area contributed by atoms with Crippen LogP contribution in [-0.2, 0) is 9.47 Å². The summed E-state index contributed by atoms with van der Waals surface area (Å²) < 4.78 is 16.9. The van der Waals surface area contributed by atoms with Crippen molar-refractivity contribution in [2.24, 2.45) is 0 Å². The Morgan fingerprint density at radius 2 is 2.05 bits per heavy atom. The average Bonchev–Trinajstić information content (AvgIpc) is 2.52. The van der Waals surface area contributed by atoms with E-state index >= 15 is 0 Å². The van der Waals surface area contributed by atoms with Crippen molar-refractivity contribution in [2.45, 2.75) is 39.4 Å². The SMILES string of the molecule is CCCNCC(OC(C)COCC)c1cccc(OC)c1. The molecule has 0 heterocycles. The molecule has 0 fully saturated rings. The molecule has 0 saturated carbocycles. The summed E-state index contributed by atoms with van der Waals surface area (Å²) in [6.07, 6.45) is 1.17. The van der Waals surface area contributed by atoms with Gasteiger partial charge in [-0.25, -0.2) is 0 Å². The number of nitrogens with one attached hydrogen (secondary N) is 1. The van der Waals surface area contributed by atoms with Gasteiger partial charge in [0.05, 0.1) is 25.9 Å². The maximum atomic E-state index is 6.14. The van der Waals surface area contributed by atoms with Crippen molar-refractivity contribution in [2.75, 3.05) is 33.4 Å². The second-order valence-corrected chi connectivity index (χ2v) is 5.08. The summed E-state index contributed by atoms with van der Waals surface area (Å²) >= 11 is 0. The fraction of sp³-hybridized carbons (Fsp3) is 0.647. The highest BCUT2D eigenvalue weighted by atomic mass is 16.5. The molecule has 1 rings (SSSR count). The molecule has 21 heavy (non-hydrogen) atoms. The Morgan fingerprint density at radius 1 is 1.24 bits per heavy atom. The second kappa shape index (κ2) is 10.6. The van der Waals surface area contributed by atoms with Gasteiger partial charge in [-0.3, -0.25) is 0 Å². The highest BCUT2D eigenvalue weighted by Gasteiger charge is 2.16. The molecule has 0 aliphatic rings. The van der Waals surface area contributed by atoms with Crippen LogP contribution in [0.15, 0.2) is 24.3 Å². The van der Waals surface area contributed by atoms with Crippen LogP contribution in [0.4, 0.5) is 0 Å². The predicted octanol–water partition coefficient (Wildman–Crippen LogP) is 3.18. The van der Waals surface area contributed by atoms with Crippen molar-refractivity contribution in [3.8, 4) is 5.75 Å². The molecule has 1 N–H and O–H groups in total. The molecule has 0 spiro atoms. The van der Waals surface area contributed by atoms with Gasteiger partial charge in [0.2, 0.25) is 0 Å². The van der Waals surface area contributed by atoms with Gasteiger partial charge >= 0.3 is 0 Å². The lowest BCUT2D eigenvalue weighted by Gasteiger charge is -2.23. The van der Waals surface area contributed by atoms with Gasteiger partial charge in [-0.2, -0.15) is 0 Å². The van der Waals surface area contributed by atoms with Crippen LogP contribution in [0.25, 0.3) is 0 Å². The largest absolute Gasteiger partial charge is 0.497 e. The Morgan fingerprint density at radius 3 is 2.71 bits per heavy atom. The summed E-state index contributed by atoms with van der Waals surface area (Å²) in [5.41, 5.74) is 1.13. The Kier molecular flexibility index (Phi) is 9.06. The third kappa shape index (κ3) is 6.93. The number of hydrogen-bond acceptors (Lipinski definition) is 4. The third-order valence-corrected chi connectivity index (χ3v) is 3.18. The van der Waals surface area contributed by atoms with Gasteiger partial charge in [-0.05, 0) is 44.5 Å². The first-order chi connectivity index (χ1) is 10.2. The molecule has 1 aromatic carbocycles. The van der Waals surface area contributed by atoms with Gasteiger partial charge in [0, 0.05) is 13.2 Å². The van der Waals surface area contributed by atoms with Crippen molar-refractivity contribution < 1.29 is 14.2 Å². The number of ether oxygens (including phenoxy) is 3. The number of methoxy groups -OCH3 is 1. The van der Waals surface area contributed by atoms with Crippen LogP contribution in [0.2, 0.25) is 0 Å². The smallest absolute Gasteiger partial charge is 0.119 e. The molecule has 0 aliphatic heterocycles. The topological polar surface area (TPSA) is 39.7 Å². The van der Waals surface area contributed by atoms with E-state index in [2.05, 4.69) is 18.3 Å². The van der Waals surface area contributed by atoms with Crippen LogP contribution in [0.3, 0.4) is 0 Å². The zero-order valence-electron chi connectivity index (χ0n) is 13.7. The summed E-state index contributed by atoms with van der Waals surface area (Å²) in [5, 5.41) is 3.43. The molecule has 0 aliphatic carbocycles. The van der Waals surface area contributed by atoms with Crippen molar-refractivity contribution in [3.05, 3.63) is 29.8 Å². The zero-order valence-corrected chi connectivity index (χ0v) is 13.7. The molecule has 4 heteroatoms. The van der Waals surface area contributed by atoms with E-state index in [9.17, 15) is 0 Å². The normalized spacial score (nSPS) is 13.9. The summed E-state index contributed by atoms with van der Waals surface area (Å²) in [6.45, 7) is 9.31. The van der Waals surface area contributed by atoms with E-state index in [1.807, 2.05) is 32.0 Å². The van der Waals surface area contributed by atoms with Crippen molar-refractivity contribution >= 4 is 0 Å². The molecule has 0 bridgehead atoms. The molecule has 1 aromatic rings. The lowest BCUT2D eigenvalue weighted by molar-refractivity contribution is -0.0469. The first-order valence-corrected chi connectivity index (χ1v) is 7.79. The van der Waals surface area contributed by atoms with Crippen molar-refractivity contribution in [1.82, 2.24) is 5.32 Å². The highest BCUT2D eigenvalue weighted by Crippen LogP contribution is 2.23. The highest BCUT2D eigenvalue weighted by molar-refractivity contribution is 5.30. The molecule has 0 amide bonds. The van der Waals surface area contributed by atoms with Gasteiger partial charge < -0.3 is 19.5 Å². The summed E-state index contributed by atoms with van der Waals surface area (Å²) in [5.74, 6) is 0.856. The lowest BCUT2D eigenvalue weighted by atomic mass is 10.1. The molecular weight excluding hydrogens is 266 g/mol. The monoisotopic (exact) mass is 295 g/mol. The molecule has 4 nitrogen and oxygen atoms in total. The quantitative estimate of drug-likeness (QED) is 0.637. The molecule has 0 saturated heterocycles. The van der Waals surface area contributed by atoms with E-state index in [1.54, 1.807) is 7.11 Å². The van der Waals surface area contributed by atoms with Gasteiger partial charge in [-0.15, -0.1) is 0 Å². The van der Waals surface area contributed by atoms with E-state index in [-0.39, 0.29) is 12.2 Å². The molecule has 0 aromatic heterocycles. The van der Waals surface area contributed by atoms with E-state index in [0.717, 1.165) is 30.8 Å². The van der Waals surface area contributed by atoms with Crippen LogP contribution in [0.5, 0.6) is 5.75 Å².